The Morgan fingerprint density at radius 2 is 1.86 bits per heavy atom. The lowest BCUT2D eigenvalue weighted by Gasteiger charge is -2.13. The first-order valence-electron chi connectivity index (χ1n) is 6.00. The number of sulfonamides is 1. The van der Waals surface area contributed by atoms with Gasteiger partial charge in [-0.3, -0.25) is 4.72 Å². The summed E-state index contributed by atoms with van der Waals surface area (Å²) in [5.41, 5.74) is 6.47. The third kappa shape index (κ3) is 3.50. The minimum absolute atomic E-state index is 0.172. The molecule has 0 aliphatic carbocycles. The molecule has 2 rings (SSSR count). The van der Waals surface area contributed by atoms with Crippen molar-refractivity contribution in [2.24, 2.45) is 5.73 Å². The highest BCUT2D eigenvalue weighted by Crippen LogP contribution is 2.28. The Morgan fingerprint density at radius 3 is 2.43 bits per heavy atom. The van der Waals surface area contributed by atoms with Gasteiger partial charge in [-0.1, -0.05) is 30.4 Å². The lowest BCUT2D eigenvalue weighted by atomic mass is 10.2. The van der Waals surface area contributed by atoms with E-state index in [4.69, 9.17) is 22.7 Å². The maximum absolute atomic E-state index is 12.3. The molecular formula is C14H14N2O3S2. The molecule has 21 heavy (non-hydrogen) atoms. The molecule has 0 fully saturated rings. The highest BCUT2D eigenvalue weighted by Gasteiger charge is 2.16. The van der Waals surface area contributed by atoms with E-state index in [-0.39, 0.29) is 9.88 Å². The van der Waals surface area contributed by atoms with Gasteiger partial charge in [-0.2, -0.15) is 0 Å². The maximum atomic E-state index is 12.3. The number of rotatable bonds is 5. The lowest BCUT2D eigenvalue weighted by molar-refractivity contribution is 0.417. The van der Waals surface area contributed by atoms with Gasteiger partial charge in [0.05, 0.1) is 17.7 Å². The smallest absolute Gasteiger partial charge is 0.262 e. The highest BCUT2D eigenvalue weighted by atomic mass is 32.2. The number of nitrogens with two attached hydrogens (primary N) is 1. The van der Waals surface area contributed by atoms with Crippen LogP contribution in [-0.2, 0) is 10.0 Å². The molecule has 2 aromatic rings. The molecule has 0 saturated heterocycles. The van der Waals surface area contributed by atoms with Crippen molar-refractivity contribution in [1.82, 2.24) is 0 Å². The third-order valence-corrected chi connectivity index (χ3v) is 4.40. The molecule has 0 radical (unpaired) electrons. The van der Waals surface area contributed by atoms with Gasteiger partial charge < -0.3 is 10.5 Å². The van der Waals surface area contributed by atoms with Gasteiger partial charge in [0.15, 0.2) is 0 Å². The topological polar surface area (TPSA) is 81.4 Å². The minimum atomic E-state index is -3.67. The van der Waals surface area contributed by atoms with E-state index in [1.54, 1.807) is 36.4 Å². The molecule has 2 aromatic carbocycles. The first-order valence-corrected chi connectivity index (χ1v) is 7.89. The summed E-state index contributed by atoms with van der Waals surface area (Å²) in [6, 6.07) is 12.9. The average Bonchev–Trinajstić information content (AvgIpc) is 2.48. The summed E-state index contributed by atoms with van der Waals surface area (Å²) in [7, 11) is -2.23. The second-order valence-corrected chi connectivity index (χ2v) is 6.32. The van der Waals surface area contributed by atoms with Crippen molar-refractivity contribution in [3.8, 4) is 5.75 Å². The van der Waals surface area contributed by atoms with Crippen LogP contribution in [0.4, 0.5) is 5.69 Å². The van der Waals surface area contributed by atoms with Gasteiger partial charge in [-0.15, -0.1) is 0 Å². The number of thiocarbonyl (C=S) groups is 1. The molecule has 3 N–H and O–H groups in total. The van der Waals surface area contributed by atoms with Crippen molar-refractivity contribution in [1.29, 1.82) is 0 Å². The molecule has 0 aliphatic rings. The van der Waals surface area contributed by atoms with Crippen LogP contribution in [0.15, 0.2) is 53.4 Å². The minimum Gasteiger partial charge on any atom is -0.495 e. The van der Waals surface area contributed by atoms with Gasteiger partial charge in [-0.25, -0.2) is 8.42 Å². The molecular weight excluding hydrogens is 308 g/mol. The molecule has 0 saturated carbocycles. The first-order chi connectivity index (χ1) is 9.94. The summed E-state index contributed by atoms with van der Waals surface area (Å²) in [5, 5.41) is 0. The number of hydrogen-bond donors (Lipinski definition) is 2. The number of nitrogens with one attached hydrogen (secondary N) is 1. The van der Waals surface area contributed by atoms with Crippen LogP contribution in [-0.4, -0.2) is 20.5 Å². The van der Waals surface area contributed by atoms with Gasteiger partial charge in [0.2, 0.25) is 0 Å². The van der Waals surface area contributed by atoms with E-state index in [1.807, 2.05) is 0 Å². The SMILES string of the molecule is COc1cc(C(N)=S)ccc1NS(=O)(=O)c1ccccc1. The summed E-state index contributed by atoms with van der Waals surface area (Å²) in [4.78, 5) is 0.385. The van der Waals surface area contributed by atoms with Crippen LogP contribution in [0.3, 0.4) is 0 Å². The Bertz CT molecular complexity index is 759. The Balaban J connectivity index is 2.38. The second-order valence-electron chi connectivity index (χ2n) is 4.20. The van der Waals surface area contributed by atoms with Gasteiger partial charge in [0.1, 0.15) is 10.7 Å². The fraction of sp³-hybridized carbons (Fsp3) is 0.0714. The van der Waals surface area contributed by atoms with Gasteiger partial charge >= 0.3 is 0 Å². The zero-order valence-electron chi connectivity index (χ0n) is 11.2. The highest BCUT2D eigenvalue weighted by molar-refractivity contribution is 7.92. The van der Waals surface area contributed by atoms with Crippen LogP contribution in [0.1, 0.15) is 5.56 Å². The average molecular weight is 322 g/mol. The van der Waals surface area contributed by atoms with Crippen LogP contribution < -0.4 is 15.2 Å². The summed E-state index contributed by atoms with van der Waals surface area (Å²) < 4.78 is 32.2. The fourth-order valence-corrected chi connectivity index (χ4v) is 2.95. The molecule has 0 spiro atoms. The monoisotopic (exact) mass is 322 g/mol. The molecule has 0 heterocycles. The van der Waals surface area contributed by atoms with Gasteiger partial charge in [0.25, 0.3) is 10.0 Å². The molecule has 0 bridgehead atoms. The van der Waals surface area contributed by atoms with Crippen molar-refractivity contribution in [2.75, 3.05) is 11.8 Å². The zero-order valence-corrected chi connectivity index (χ0v) is 12.9. The fourth-order valence-electron chi connectivity index (χ4n) is 1.73. The predicted octanol–water partition coefficient (Wildman–Crippen LogP) is 2.13. The number of anilines is 1. The molecule has 0 unspecified atom stereocenters. The van der Waals surface area contributed by atoms with Crippen molar-refractivity contribution >= 4 is 32.9 Å². The molecule has 0 amide bonds. The largest absolute Gasteiger partial charge is 0.495 e. The molecule has 110 valence electrons. The molecule has 7 heteroatoms. The number of hydrogen-bond acceptors (Lipinski definition) is 4. The van der Waals surface area contributed by atoms with E-state index in [1.165, 1.54) is 19.2 Å². The van der Waals surface area contributed by atoms with Gasteiger partial charge in [-0.05, 0) is 30.3 Å². The van der Waals surface area contributed by atoms with E-state index >= 15 is 0 Å². The summed E-state index contributed by atoms with van der Waals surface area (Å²) in [6.45, 7) is 0. The summed E-state index contributed by atoms with van der Waals surface area (Å²) in [5.74, 6) is 0.347. The van der Waals surface area contributed by atoms with Crippen LogP contribution in [0.2, 0.25) is 0 Å². The summed E-state index contributed by atoms with van der Waals surface area (Å²) >= 11 is 4.88. The van der Waals surface area contributed by atoms with Crippen molar-refractivity contribution in [2.45, 2.75) is 4.90 Å². The number of benzene rings is 2. The van der Waals surface area contributed by atoms with Gasteiger partial charge in [0, 0.05) is 5.56 Å². The van der Waals surface area contributed by atoms with Crippen molar-refractivity contribution < 1.29 is 13.2 Å². The normalized spacial score (nSPS) is 10.9. The molecule has 5 nitrogen and oxygen atoms in total. The Kier molecular flexibility index (Phi) is 4.44. The standard InChI is InChI=1S/C14H14N2O3S2/c1-19-13-9-10(14(15)20)7-8-12(13)16-21(17,18)11-5-3-2-4-6-11/h2-9,16H,1H3,(H2,15,20). The van der Waals surface area contributed by atoms with Crippen molar-refractivity contribution in [3.63, 3.8) is 0 Å². The predicted molar refractivity (Wildman–Crippen MR) is 86.1 cm³/mol. The van der Waals surface area contributed by atoms with E-state index in [0.717, 1.165) is 0 Å². The first kappa shape index (κ1) is 15.3. The van der Waals surface area contributed by atoms with Crippen LogP contribution >= 0.6 is 12.2 Å². The lowest BCUT2D eigenvalue weighted by Crippen LogP contribution is -2.14. The van der Waals surface area contributed by atoms with Crippen LogP contribution in [0, 0.1) is 0 Å². The van der Waals surface area contributed by atoms with Crippen LogP contribution in [0.25, 0.3) is 0 Å². The third-order valence-electron chi connectivity index (χ3n) is 2.78. The Morgan fingerprint density at radius 1 is 1.19 bits per heavy atom. The molecule has 0 aliphatic heterocycles. The Hall–Kier alpha value is -2.12. The molecule has 0 atom stereocenters. The maximum Gasteiger partial charge on any atom is 0.262 e. The Labute approximate surface area is 128 Å². The van der Waals surface area contributed by atoms with E-state index in [0.29, 0.717) is 17.0 Å². The zero-order chi connectivity index (χ0) is 15.5. The van der Waals surface area contributed by atoms with Crippen molar-refractivity contribution in [3.05, 3.63) is 54.1 Å². The second kappa shape index (κ2) is 6.11. The van der Waals surface area contributed by atoms with E-state index < -0.39 is 10.0 Å². The summed E-state index contributed by atoms with van der Waals surface area (Å²) in [6.07, 6.45) is 0. The van der Waals surface area contributed by atoms with E-state index in [2.05, 4.69) is 4.72 Å². The van der Waals surface area contributed by atoms with E-state index in [9.17, 15) is 8.42 Å². The number of methoxy groups -OCH3 is 1. The quantitative estimate of drug-likeness (QED) is 0.824. The number of ether oxygens (including phenoxy) is 1. The molecule has 0 aromatic heterocycles. The van der Waals surface area contributed by atoms with Crippen LogP contribution in [0.5, 0.6) is 5.75 Å².